The number of benzene rings is 4. The molecule has 2 aliphatic heterocycles. The predicted octanol–water partition coefficient (Wildman–Crippen LogP) is 6.81. The zero-order valence-electron chi connectivity index (χ0n) is 32.4. The molecule has 2 fully saturated rings. The quantitative estimate of drug-likeness (QED) is 0.0462. The predicted molar refractivity (Wildman–Crippen MR) is 233 cm³/mol. The smallest absolute Gasteiger partial charge is 0.304 e. The van der Waals surface area contributed by atoms with Crippen molar-refractivity contribution in [3.8, 4) is 11.1 Å². The lowest BCUT2D eigenvalue weighted by Gasteiger charge is -2.35. The molecule has 0 saturated carbocycles. The molecule has 0 aliphatic carbocycles. The van der Waals surface area contributed by atoms with Gasteiger partial charge in [-0.25, -0.2) is 18.5 Å². The summed E-state index contributed by atoms with van der Waals surface area (Å²) < 4.78 is 31.2. The van der Waals surface area contributed by atoms with E-state index in [4.69, 9.17) is 21.5 Å². The number of halogens is 1. The summed E-state index contributed by atoms with van der Waals surface area (Å²) >= 11 is 7.73. The van der Waals surface area contributed by atoms with Gasteiger partial charge in [-0.1, -0.05) is 66.2 Å². The molecule has 13 nitrogen and oxygen atoms in total. The van der Waals surface area contributed by atoms with Gasteiger partial charge in [0.1, 0.15) is 22.0 Å². The van der Waals surface area contributed by atoms with Crippen molar-refractivity contribution >= 4 is 56.4 Å². The molecule has 0 amide bonds. The largest absolute Gasteiger partial charge is 0.379 e. The number of nitrogens with two attached hydrogens (primary N) is 1. The van der Waals surface area contributed by atoms with Crippen LogP contribution in [0, 0.1) is 10.1 Å². The van der Waals surface area contributed by atoms with Crippen molar-refractivity contribution in [1.82, 2.24) is 14.8 Å². The molecule has 1 aromatic heterocycles. The average molecular weight is 856 g/mol. The molecule has 3 heterocycles. The number of piperazine rings is 1. The number of carbonyl (C=O) groups excluding carboxylic acids is 1. The zero-order valence-corrected chi connectivity index (χ0v) is 34.8. The summed E-state index contributed by atoms with van der Waals surface area (Å²) in [5.41, 5.74) is 2.25. The number of sulfonamides is 1. The van der Waals surface area contributed by atoms with Crippen molar-refractivity contribution in [2.45, 2.75) is 28.8 Å². The van der Waals surface area contributed by atoms with Crippen molar-refractivity contribution in [3.05, 3.63) is 141 Å². The van der Waals surface area contributed by atoms with Gasteiger partial charge in [0.2, 0.25) is 15.8 Å². The van der Waals surface area contributed by atoms with E-state index in [-0.39, 0.29) is 17.3 Å². The number of rotatable bonds is 16. The van der Waals surface area contributed by atoms with E-state index in [1.165, 1.54) is 23.9 Å². The first-order valence-corrected chi connectivity index (χ1v) is 22.3. The summed E-state index contributed by atoms with van der Waals surface area (Å²) in [6, 6.07) is 31.4. The van der Waals surface area contributed by atoms with Gasteiger partial charge >= 0.3 is 5.69 Å². The number of anilines is 2. The minimum Gasteiger partial charge on any atom is -0.379 e. The molecule has 4 aromatic carbocycles. The molecule has 2 aliphatic rings. The Morgan fingerprint density at radius 1 is 0.898 bits per heavy atom. The van der Waals surface area contributed by atoms with Crippen LogP contribution in [0.1, 0.15) is 27.9 Å². The molecule has 5 aromatic rings. The minimum atomic E-state index is -4.55. The lowest BCUT2D eigenvalue weighted by atomic mass is 9.99. The number of nitrogens with zero attached hydrogens (tertiary/aromatic N) is 5. The number of hydrogen-bond donors (Lipinski definition) is 2. The minimum absolute atomic E-state index is 0.000145. The lowest BCUT2D eigenvalue weighted by Crippen LogP contribution is -2.46. The summed E-state index contributed by atoms with van der Waals surface area (Å²) in [5.74, 6) is 0.330. The molecule has 0 bridgehead atoms. The zero-order chi connectivity index (χ0) is 41.4. The number of nitro groups is 1. The number of pyridine rings is 1. The highest BCUT2D eigenvalue weighted by atomic mass is 35.5. The molecule has 2 saturated heterocycles. The highest BCUT2D eigenvalue weighted by Crippen LogP contribution is 2.37. The van der Waals surface area contributed by atoms with Crippen LogP contribution < -0.4 is 15.4 Å². The molecule has 59 heavy (non-hydrogen) atoms. The maximum absolute atomic E-state index is 14.2. The van der Waals surface area contributed by atoms with Gasteiger partial charge in [-0.2, -0.15) is 0 Å². The Kier molecular flexibility index (Phi) is 13.9. The van der Waals surface area contributed by atoms with Crippen LogP contribution in [0.4, 0.5) is 17.2 Å². The van der Waals surface area contributed by atoms with Gasteiger partial charge < -0.3 is 15.0 Å². The summed E-state index contributed by atoms with van der Waals surface area (Å²) in [5, 5.41) is 22.4. The third-order valence-electron chi connectivity index (χ3n) is 10.6. The summed E-state index contributed by atoms with van der Waals surface area (Å²) in [6.45, 7) is 7.25. The van der Waals surface area contributed by atoms with Crippen LogP contribution >= 0.6 is 23.4 Å². The van der Waals surface area contributed by atoms with Crippen molar-refractivity contribution in [2.24, 2.45) is 5.14 Å². The van der Waals surface area contributed by atoms with E-state index < -0.39 is 36.9 Å². The van der Waals surface area contributed by atoms with E-state index in [0.717, 1.165) is 61.4 Å². The van der Waals surface area contributed by atoms with Crippen LogP contribution in [-0.4, -0.2) is 105 Å². The standard InChI is InChI=1S/C43H46ClN7O6S2/c44-34-13-10-31(11-14-34)37-9-5-4-6-33(37)29-49-20-22-50(23-21-49)40-17-12-32(28-46-40)43(52)41-39(59(45,55)56)16-15-38(42(41)51(53)54)47-35(18-19-48-24-26-57-27-25-48)30-58-36-7-2-1-3-8-36/h1-17,28,35,47H,18-27,29-30H2,(H2,45,55,56)/t35-/m1/s1. The van der Waals surface area contributed by atoms with Crippen LogP contribution in [0.25, 0.3) is 11.1 Å². The highest BCUT2D eigenvalue weighted by Gasteiger charge is 2.34. The summed E-state index contributed by atoms with van der Waals surface area (Å²) in [4.78, 5) is 38.1. The monoisotopic (exact) mass is 855 g/mol. The van der Waals surface area contributed by atoms with Gasteiger partial charge in [0, 0.05) is 85.8 Å². The maximum atomic E-state index is 14.2. The van der Waals surface area contributed by atoms with Crippen LogP contribution in [0.2, 0.25) is 5.02 Å². The third-order valence-corrected chi connectivity index (χ3v) is 13.0. The van der Waals surface area contributed by atoms with Crippen LogP contribution in [0.5, 0.6) is 0 Å². The number of primary sulfonamides is 1. The van der Waals surface area contributed by atoms with E-state index in [1.807, 2.05) is 66.7 Å². The summed E-state index contributed by atoms with van der Waals surface area (Å²) in [6.07, 6.45) is 1.97. The van der Waals surface area contributed by atoms with Crippen LogP contribution in [0.3, 0.4) is 0 Å². The first kappa shape index (κ1) is 42.3. The van der Waals surface area contributed by atoms with E-state index in [9.17, 15) is 23.3 Å². The lowest BCUT2D eigenvalue weighted by molar-refractivity contribution is -0.384. The number of nitro benzene ring substituents is 1. The first-order valence-electron chi connectivity index (χ1n) is 19.4. The van der Waals surface area contributed by atoms with Gasteiger partial charge in [0.05, 0.1) is 18.1 Å². The Balaban J connectivity index is 1.08. The second kappa shape index (κ2) is 19.5. The molecule has 0 radical (unpaired) electrons. The van der Waals surface area contributed by atoms with E-state index in [1.54, 1.807) is 17.8 Å². The van der Waals surface area contributed by atoms with Crippen molar-refractivity contribution in [3.63, 3.8) is 0 Å². The van der Waals surface area contributed by atoms with Gasteiger partial charge in [-0.3, -0.25) is 24.7 Å². The SMILES string of the molecule is NS(=O)(=O)c1ccc(N[C@H](CCN2CCOCC2)CSc2ccccc2)c([N+](=O)[O-])c1C(=O)c1ccc(N2CCN(Cc3ccccc3-c3ccc(Cl)cc3)CC2)nc1. The molecule has 0 unspecified atom stereocenters. The van der Waals surface area contributed by atoms with Crippen LogP contribution in [0.15, 0.2) is 119 Å². The van der Waals surface area contributed by atoms with Crippen molar-refractivity contribution in [2.75, 3.05) is 75.0 Å². The number of thioether (sulfide) groups is 1. The van der Waals surface area contributed by atoms with E-state index in [2.05, 4.69) is 37.1 Å². The number of morpholine rings is 1. The Hall–Kier alpha value is -4.87. The number of carbonyl (C=O) groups is 1. The first-order chi connectivity index (χ1) is 28.5. The number of aromatic nitrogens is 1. The summed E-state index contributed by atoms with van der Waals surface area (Å²) in [7, 11) is -4.55. The highest BCUT2D eigenvalue weighted by molar-refractivity contribution is 7.99. The third kappa shape index (κ3) is 10.9. The number of hydrogen-bond acceptors (Lipinski definition) is 12. The maximum Gasteiger partial charge on any atom is 0.304 e. The van der Waals surface area contributed by atoms with Crippen molar-refractivity contribution < 1.29 is 22.9 Å². The van der Waals surface area contributed by atoms with Gasteiger partial charge in [0.25, 0.3) is 0 Å². The molecule has 308 valence electrons. The topological polar surface area (TPSA) is 164 Å². The van der Waals surface area contributed by atoms with E-state index in [0.29, 0.717) is 49.3 Å². The number of ether oxygens (including phenoxy) is 1. The normalized spacial score (nSPS) is 15.8. The van der Waals surface area contributed by atoms with Gasteiger partial charge in [-0.15, -0.1) is 11.8 Å². The van der Waals surface area contributed by atoms with Crippen LogP contribution in [-0.2, 0) is 21.3 Å². The molecular formula is C43H46ClN7O6S2. The number of nitrogens with one attached hydrogen (secondary N) is 1. The average Bonchev–Trinajstić information content (AvgIpc) is 3.25. The Bertz CT molecular complexity index is 2340. The fraction of sp³-hybridized carbons (Fsp3) is 0.302. The molecule has 16 heteroatoms. The Morgan fingerprint density at radius 3 is 2.29 bits per heavy atom. The molecule has 3 N–H and O–H groups in total. The Labute approximate surface area is 353 Å². The molecule has 0 spiro atoms. The number of ketones is 1. The fourth-order valence-corrected chi connectivity index (χ4v) is 9.28. The second-order valence-electron chi connectivity index (χ2n) is 14.5. The van der Waals surface area contributed by atoms with E-state index >= 15 is 0 Å². The molecule has 7 rings (SSSR count). The molecule has 1 atom stereocenters. The Morgan fingerprint density at radius 2 is 1.61 bits per heavy atom. The second-order valence-corrected chi connectivity index (χ2v) is 17.6. The fourth-order valence-electron chi connectivity index (χ4n) is 7.43. The molecular weight excluding hydrogens is 810 g/mol. The van der Waals surface area contributed by atoms with Crippen molar-refractivity contribution in [1.29, 1.82) is 0 Å². The van der Waals surface area contributed by atoms with Gasteiger partial charge in [0.15, 0.2) is 0 Å². The van der Waals surface area contributed by atoms with Gasteiger partial charge in [-0.05, 0) is 71.6 Å².